The lowest BCUT2D eigenvalue weighted by atomic mass is 9.71. The van der Waals surface area contributed by atoms with Crippen LogP contribution in [0.3, 0.4) is 0 Å². The van der Waals surface area contributed by atoms with Crippen LogP contribution in [0.25, 0.3) is 0 Å². The molecule has 10 heteroatoms. The maximum absolute atomic E-state index is 13.9. The Morgan fingerprint density at radius 1 is 0.517 bits per heavy atom. The van der Waals surface area contributed by atoms with Gasteiger partial charge in [-0.3, -0.25) is 0 Å². The molecule has 326 valence electrons. The molecule has 0 aliphatic carbocycles. The van der Waals surface area contributed by atoms with Gasteiger partial charge in [0.1, 0.15) is 24.7 Å². The minimum atomic E-state index is -3.50. The van der Waals surface area contributed by atoms with Gasteiger partial charge in [-0.25, -0.2) is 16.8 Å². The third kappa shape index (κ3) is 11.2. The smallest absolute Gasteiger partial charge is 0.179 e. The molecule has 4 atom stereocenters. The van der Waals surface area contributed by atoms with E-state index in [0.29, 0.717) is 60.9 Å². The van der Waals surface area contributed by atoms with Crippen molar-refractivity contribution in [3.8, 4) is 11.5 Å². The van der Waals surface area contributed by atoms with E-state index in [2.05, 4.69) is 52.0 Å². The fraction of sp³-hybridized carbons (Fsp3) is 0.520. The summed E-state index contributed by atoms with van der Waals surface area (Å²) in [7, 11) is -7.00. The monoisotopic (exact) mass is 858 g/mol. The van der Waals surface area contributed by atoms with Gasteiger partial charge in [-0.1, -0.05) is 114 Å². The van der Waals surface area contributed by atoms with E-state index in [1.165, 1.54) is 0 Å². The molecule has 0 bridgehead atoms. The molecule has 2 aliphatic heterocycles. The van der Waals surface area contributed by atoms with Crippen molar-refractivity contribution in [2.75, 3.05) is 51.1 Å². The zero-order chi connectivity index (χ0) is 42.6. The van der Waals surface area contributed by atoms with Gasteiger partial charge in [0.2, 0.25) is 0 Å². The van der Waals surface area contributed by atoms with Crippen LogP contribution in [0.2, 0.25) is 0 Å². The van der Waals surface area contributed by atoms with Crippen molar-refractivity contribution in [2.24, 2.45) is 10.8 Å². The van der Waals surface area contributed by atoms with Crippen molar-refractivity contribution >= 4 is 19.7 Å². The van der Waals surface area contributed by atoms with Gasteiger partial charge in [0.05, 0.1) is 47.7 Å². The van der Waals surface area contributed by atoms with Crippen molar-refractivity contribution in [1.29, 1.82) is 0 Å². The van der Waals surface area contributed by atoms with Crippen LogP contribution in [0.1, 0.15) is 126 Å². The fourth-order valence-corrected chi connectivity index (χ4v) is 14.1. The molecule has 0 N–H and O–H groups in total. The summed E-state index contributed by atoms with van der Waals surface area (Å²) in [4.78, 5) is 0.834. The van der Waals surface area contributed by atoms with Gasteiger partial charge in [-0.2, -0.15) is 0 Å². The van der Waals surface area contributed by atoms with Crippen LogP contribution in [-0.4, -0.2) is 68.0 Å². The minimum absolute atomic E-state index is 0.0493. The molecule has 4 aromatic rings. The minimum Gasteiger partial charge on any atom is -0.491 e. The van der Waals surface area contributed by atoms with Crippen molar-refractivity contribution in [3.05, 3.63) is 119 Å². The predicted octanol–water partition coefficient (Wildman–Crippen LogP) is 11.0. The first-order valence-corrected chi connectivity index (χ1v) is 25.5. The summed E-state index contributed by atoms with van der Waals surface area (Å²) in [6.45, 7) is 10.7. The Morgan fingerprint density at radius 2 is 0.900 bits per heavy atom. The highest BCUT2D eigenvalue weighted by atomic mass is 32.2. The van der Waals surface area contributed by atoms with Gasteiger partial charge >= 0.3 is 0 Å². The zero-order valence-corrected chi connectivity index (χ0v) is 37.8. The van der Waals surface area contributed by atoms with Gasteiger partial charge in [-0.05, 0) is 108 Å². The van der Waals surface area contributed by atoms with Crippen molar-refractivity contribution in [2.45, 2.75) is 114 Å². The number of rotatable bonds is 21. The maximum atomic E-state index is 13.9. The van der Waals surface area contributed by atoms with Gasteiger partial charge < -0.3 is 18.9 Å². The van der Waals surface area contributed by atoms with Crippen molar-refractivity contribution in [3.63, 3.8) is 0 Å². The zero-order valence-electron chi connectivity index (χ0n) is 36.2. The molecule has 0 unspecified atom stereocenters. The summed E-state index contributed by atoms with van der Waals surface area (Å²) in [5.74, 6) is 1.50. The average Bonchev–Trinajstić information content (AvgIpc) is 3.43. The molecule has 2 heterocycles. The maximum Gasteiger partial charge on any atom is 0.179 e. The number of unbranched alkanes of at least 4 members (excludes halogenated alkanes) is 2. The summed E-state index contributed by atoms with van der Waals surface area (Å²) in [5.41, 5.74) is 3.31. The number of fused-ring (bicyclic) bond motifs is 2. The Labute approximate surface area is 360 Å². The first-order valence-electron chi connectivity index (χ1n) is 22.2. The molecule has 0 amide bonds. The van der Waals surface area contributed by atoms with E-state index in [4.69, 9.17) is 18.9 Å². The molecular formula is C50H66O8S2. The van der Waals surface area contributed by atoms with E-state index < -0.39 is 19.7 Å². The van der Waals surface area contributed by atoms with Crippen LogP contribution in [-0.2, 0) is 29.1 Å². The summed E-state index contributed by atoms with van der Waals surface area (Å²) in [6.07, 6.45) is 9.07. The lowest BCUT2D eigenvalue weighted by molar-refractivity contribution is 0.0273. The summed E-state index contributed by atoms with van der Waals surface area (Å²) in [5, 5.41) is 0. The second kappa shape index (κ2) is 20.9. The van der Waals surface area contributed by atoms with Crippen LogP contribution in [0.15, 0.2) is 107 Å². The fourth-order valence-electron chi connectivity index (χ4n) is 9.53. The van der Waals surface area contributed by atoms with Crippen LogP contribution >= 0.6 is 0 Å². The summed E-state index contributed by atoms with van der Waals surface area (Å²) < 4.78 is 79.5. The number of benzene rings is 4. The van der Waals surface area contributed by atoms with Crippen molar-refractivity contribution < 1.29 is 35.8 Å². The van der Waals surface area contributed by atoms with E-state index in [9.17, 15) is 16.8 Å². The predicted molar refractivity (Wildman–Crippen MR) is 240 cm³/mol. The normalized spacial score (nSPS) is 23.1. The third-order valence-electron chi connectivity index (χ3n) is 13.0. The van der Waals surface area contributed by atoms with Crippen molar-refractivity contribution in [1.82, 2.24) is 0 Å². The molecule has 0 spiro atoms. The van der Waals surface area contributed by atoms with E-state index in [0.717, 1.165) is 86.5 Å². The number of hydrogen-bond donors (Lipinski definition) is 0. The Morgan fingerprint density at radius 3 is 1.27 bits per heavy atom. The molecule has 6 rings (SSSR count). The first kappa shape index (κ1) is 45.8. The molecule has 4 aromatic carbocycles. The molecule has 2 aliphatic rings. The molecule has 60 heavy (non-hydrogen) atoms. The Hall–Kier alpha value is -3.70. The lowest BCUT2D eigenvalue weighted by Crippen LogP contribution is -2.29. The molecule has 0 radical (unpaired) electrons. The Kier molecular flexibility index (Phi) is 16.0. The topological polar surface area (TPSA) is 105 Å². The standard InChI is InChI=1S/C50H66O8S2/c1-5-9-25-49(7-3)35-45(39-17-13-11-14-18-39)43-33-41(21-23-47(43)59(51,52)37-49)57-31-29-55-27-28-56-30-32-58-42-22-24-48-44(34-42)46(40-19-15-12-16-20-40)36-50(8-4,26-10-6-2)38-60(48,53)54/h11-24,33-34,45-46H,5-10,25-32,35-38H2,1-4H3/t45-,46+,49+,50-. The lowest BCUT2D eigenvalue weighted by Gasteiger charge is -2.34. The molecule has 0 saturated heterocycles. The highest BCUT2D eigenvalue weighted by molar-refractivity contribution is 7.91. The number of sulfone groups is 2. The molecule has 8 nitrogen and oxygen atoms in total. The van der Waals surface area contributed by atoms with E-state index in [-0.39, 0.29) is 34.2 Å². The number of ether oxygens (including phenoxy) is 4. The van der Waals surface area contributed by atoms with Gasteiger partial charge in [0.15, 0.2) is 19.7 Å². The van der Waals surface area contributed by atoms with Crippen LogP contribution in [0, 0.1) is 10.8 Å². The van der Waals surface area contributed by atoms with E-state index in [1.807, 2.05) is 48.5 Å². The second-order valence-corrected chi connectivity index (χ2v) is 21.0. The molecular weight excluding hydrogens is 793 g/mol. The van der Waals surface area contributed by atoms with E-state index >= 15 is 0 Å². The molecule has 0 saturated carbocycles. The SMILES string of the molecule is CCCC[C@@]1(CC)C[C@H](c2ccccc2)c2cc(OCCOCCOCCOc3ccc4c(c3)[C@H](c3ccccc3)C[C@@](CC)(CCCC)CS4(=O)=O)ccc2S(=O)(=O)C1. The molecule has 0 fully saturated rings. The Bertz CT molecular complexity index is 2030. The average molecular weight is 859 g/mol. The van der Waals surface area contributed by atoms with Crippen LogP contribution < -0.4 is 9.47 Å². The van der Waals surface area contributed by atoms with Gasteiger partial charge in [0, 0.05) is 11.8 Å². The quantitative estimate of drug-likeness (QED) is 0.0763. The summed E-state index contributed by atoms with van der Waals surface area (Å²) >= 11 is 0. The van der Waals surface area contributed by atoms with Crippen LogP contribution in [0.4, 0.5) is 0 Å². The summed E-state index contributed by atoms with van der Waals surface area (Å²) in [6, 6.07) is 31.4. The van der Waals surface area contributed by atoms with Gasteiger partial charge in [-0.15, -0.1) is 0 Å². The highest BCUT2D eigenvalue weighted by Crippen LogP contribution is 2.50. The second-order valence-electron chi connectivity index (χ2n) is 17.1. The van der Waals surface area contributed by atoms with Crippen LogP contribution in [0.5, 0.6) is 11.5 Å². The Balaban J connectivity index is 1.00. The highest BCUT2D eigenvalue weighted by Gasteiger charge is 2.44. The largest absolute Gasteiger partial charge is 0.491 e. The molecule has 0 aromatic heterocycles. The van der Waals surface area contributed by atoms with Gasteiger partial charge in [0.25, 0.3) is 0 Å². The van der Waals surface area contributed by atoms with E-state index in [1.54, 1.807) is 24.3 Å². The number of hydrogen-bond acceptors (Lipinski definition) is 8. The first-order chi connectivity index (χ1) is 29.0. The third-order valence-corrected chi connectivity index (χ3v) is 17.1.